The molecule has 0 saturated carbocycles. The number of alkyl halides is 2. The average Bonchev–Trinajstić information content (AvgIpc) is 2.99. The Balaban J connectivity index is 1.92. The Hall–Kier alpha value is -2.24. The van der Waals surface area contributed by atoms with E-state index in [9.17, 15) is 28.3 Å². The van der Waals surface area contributed by atoms with Gasteiger partial charge in [-0.3, -0.25) is 14.2 Å². The molecule has 1 aromatic heterocycles. The molecule has 0 aliphatic carbocycles. The van der Waals surface area contributed by atoms with Crippen LogP contribution < -0.4 is 10.6 Å². The number of hydrogen-bond donors (Lipinski definition) is 2. The van der Waals surface area contributed by atoms with Crippen LogP contribution in [-0.4, -0.2) is 56.3 Å². The van der Waals surface area contributed by atoms with Crippen LogP contribution in [0.3, 0.4) is 0 Å². The van der Waals surface area contributed by atoms with E-state index in [4.69, 9.17) is 9.84 Å². The highest BCUT2D eigenvalue weighted by Gasteiger charge is 2.59. The van der Waals surface area contributed by atoms with E-state index in [1.54, 1.807) is 0 Å². The number of aliphatic hydroxyl groups excluding tert-OH is 2. The topological polar surface area (TPSA) is 122 Å². The molecule has 2 aliphatic heterocycles. The summed E-state index contributed by atoms with van der Waals surface area (Å²) in [4.78, 5) is 39.7. The molecule has 0 radical (unpaired) electrons. The zero-order valence-corrected chi connectivity index (χ0v) is 12.8. The number of carbonyl (C=O) groups is 2. The number of rotatable bonds is 4. The van der Waals surface area contributed by atoms with Gasteiger partial charge in [-0.05, 0) is 12.5 Å². The van der Waals surface area contributed by atoms with Crippen LogP contribution in [0.4, 0.5) is 14.6 Å². The summed E-state index contributed by atoms with van der Waals surface area (Å²) in [5.74, 6) is -5.10. The summed E-state index contributed by atoms with van der Waals surface area (Å²) >= 11 is 0. The van der Waals surface area contributed by atoms with Crippen molar-refractivity contribution in [2.24, 2.45) is 0 Å². The largest absolute Gasteiger partial charge is 0.396 e. The number of imide groups is 1. The molecule has 3 unspecified atom stereocenters. The monoisotopic (exact) mass is 359 g/mol. The van der Waals surface area contributed by atoms with Crippen LogP contribution in [0, 0.1) is 0 Å². The lowest BCUT2D eigenvalue weighted by atomic mass is 10.1. The average molecular weight is 359 g/mol. The highest BCUT2D eigenvalue weighted by molar-refractivity contribution is 6.19. The van der Waals surface area contributed by atoms with Gasteiger partial charge in [0.05, 0.1) is 6.10 Å². The Morgan fingerprint density at radius 3 is 2.48 bits per heavy atom. The molecule has 0 bridgehead atoms. The van der Waals surface area contributed by atoms with Gasteiger partial charge in [0.15, 0.2) is 0 Å². The molecule has 2 fully saturated rings. The van der Waals surface area contributed by atoms with E-state index in [-0.39, 0.29) is 25.1 Å². The summed E-state index contributed by atoms with van der Waals surface area (Å²) in [7, 11) is 0. The molecule has 2 saturated heterocycles. The lowest BCUT2D eigenvalue weighted by Gasteiger charge is -2.21. The quantitative estimate of drug-likeness (QED) is 0.673. The highest BCUT2D eigenvalue weighted by Crippen LogP contribution is 2.43. The van der Waals surface area contributed by atoms with Crippen LogP contribution in [0.15, 0.2) is 17.1 Å². The number of amides is 2. The second-order valence-electron chi connectivity index (χ2n) is 5.76. The molecule has 2 amide bonds. The van der Waals surface area contributed by atoms with Crippen molar-refractivity contribution in [3.63, 3.8) is 0 Å². The zero-order valence-electron chi connectivity index (χ0n) is 12.8. The molecule has 11 heteroatoms. The summed E-state index contributed by atoms with van der Waals surface area (Å²) in [6.45, 7) is -0.476. The fraction of sp³-hybridized carbons (Fsp3) is 0.571. The Bertz CT molecular complexity index is 751. The van der Waals surface area contributed by atoms with E-state index >= 15 is 0 Å². The predicted octanol–water partition coefficient (Wildman–Crippen LogP) is -0.827. The van der Waals surface area contributed by atoms with Crippen LogP contribution >= 0.6 is 0 Å². The Morgan fingerprint density at radius 2 is 1.92 bits per heavy atom. The Morgan fingerprint density at radius 1 is 1.28 bits per heavy atom. The molecule has 0 aromatic carbocycles. The van der Waals surface area contributed by atoms with E-state index in [2.05, 4.69) is 4.98 Å². The molecule has 1 aromatic rings. The SMILES string of the molecule is O=C1CCC(=O)N1c1ccn(C2OC(CCO)C(O)C2(F)F)c(=O)n1. The number of anilines is 1. The van der Waals surface area contributed by atoms with Gasteiger partial charge in [0.2, 0.25) is 18.0 Å². The van der Waals surface area contributed by atoms with Crippen molar-refractivity contribution >= 4 is 17.6 Å². The van der Waals surface area contributed by atoms with E-state index in [1.807, 2.05) is 0 Å². The fourth-order valence-corrected chi connectivity index (χ4v) is 2.87. The van der Waals surface area contributed by atoms with Crippen LogP contribution in [0.1, 0.15) is 25.5 Å². The van der Waals surface area contributed by atoms with Crippen LogP contribution in [0.2, 0.25) is 0 Å². The van der Waals surface area contributed by atoms with Gasteiger partial charge in [-0.1, -0.05) is 0 Å². The van der Waals surface area contributed by atoms with Crippen LogP contribution in [0.5, 0.6) is 0 Å². The number of aliphatic hydroxyl groups is 2. The van der Waals surface area contributed by atoms with Crippen molar-refractivity contribution in [2.75, 3.05) is 11.5 Å². The van der Waals surface area contributed by atoms with E-state index in [1.165, 1.54) is 0 Å². The third-order valence-corrected chi connectivity index (χ3v) is 4.14. The van der Waals surface area contributed by atoms with E-state index < -0.39 is 48.5 Å². The maximum Gasteiger partial charge on any atom is 0.351 e. The van der Waals surface area contributed by atoms with Gasteiger partial charge in [-0.2, -0.15) is 13.8 Å². The molecule has 3 atom stereocenters. The summed E-state index contributed by atoms with van der Waals surface area (Å²) in [5, 5.41) is 18.5. The van der Waals surface area contributed by atoms with Crippen molar-refractivity contribution in [3.05, 3.63) is 22.7 Å². The van der Waals surface area contributed by atoms with Crippen molar-refractivity contribution in [3.8, 4) is 0 Å². The van der Waals surface area contributed by atoms with Crippen LogP contribution in [-0.2, 0) is 14.3 Å². The van der Waals surface area contributed by atoms with Crippen LogP contribution in [0.25, 0.3) is 0 Å². The van der Waals surface area contributed by atoms with E-state index in [0.29, 0.717) is 4.57 Å². The maximum atomic E-state index is 14.2. The normalized spacial score (nSPS) is 28.8. The zero-order chi connectivity index (χ0) is 18.4. The predicted molar refractivity (Wildman–Crippen MR) is 76.8 cm³/mol. The molecule has 2 N–H and O–H groups in total. The molecule has 3 rings (SSSR count). The molecule has 9 nitrogen and oxygen atoms in total. The third kappa shape index (κ3) is 2.83. The van der Waals surface area contributed by atoms with Gasteiger partial charge in [0, 0.05) is 25.6 Å². The maximum absolute atomic E-state index is 14.2. The Kier molecular flexibility index (Phi) is 4.39. The lowest BCUT2D eigenvalue weighted by molar-refractivity contribution is -0.140. The van der Waals surface area contributed by atoms with Crippen molar-refractivity contribution < 1.29 is 33.3 Å². The molecule has 0 spiro atoms. The fourth-order valence-electron chi connectivity index (χ4n) is 2.87. The number of halogens is 2. The minimum Gasteiger partial charge on any atom is -0.396 e. The van der Waals surface area contributed by atoms with Gasteiger partial charge >= 0.3 is 11.6 Å². The molecular weight excluding hydrogens is 344 g/mol. The smallest absolute Gasteiger partial charge is 0.351 e. The highest BCUT2D eigenvalue weighted by atomic mass is 19.3. The first-order valence-electron chi connectivity index (χ1n) is 7.54. The number of hydrogen-bond acceptors (Lipinski definition) is 7. The third-order valence-electron chi connectivity index (χ3n) is 4.14. The molecule has 2 aliphatic rings. The minimum absolute atomic E-state index is 0.0115. The van der Waals surface area contributed by atoms with Gasteiger partial charge in [-0.15, -0.1) is 0 Å². The van der Waals surface area contributed by atoms with Gasteiger partial charge in [0.25, 0.3) is 0 Å². The second kappa shape index (κ2) is 6.24. The van der Waals surface area contributed by atoms with Crippen molar-refractivity contribution in [2.45, 2.75) is 43.6 Å². The van der Waals surface area contributed by atoms with Crippen molar-refractivity contribution in [1.82, 2.24) is 9.55 Å². The summed E-state index contributed by atoms with van der Waals surface area (Å²) in [6.07, 6.45) is -4.99. The van der Waals surface area contributed by atoms with Gasteiger partial charge in [-0.25, -0.2) is 9.69 Å². The number of nitrogens with zero attached hydrogens (tertiary/aromatic N) is 3. The first-order valence-corrected chi connectivity index (χ1v) is 7.54. The summed E-state index contributed by atoms with van der Waals surface area (Å²) < 4.78 is 33.9. The molecule has 136 valence electrons. The first-order chi connectivity index (χ1) is 11.8. The molecule has 3 heterocycles. The first kappa shape index (κ1) is 17.6. The number of aromatic nitrogens is 2. The summed E-state index contributed by atoms with van der Waals surface area (Å²) in [6, 6.07) is 1.08. The van der Waals surface area contributed by atoms with Gasteiger partial charge < -0.3 is 14.9 Å². The number of ether oxygens (including phenoxy) is 1. The Labute approximate surface area is 139 Å². The number of carbonyl (C=O) groups excluding carboxylic acids is 2. The minimum atomic E-state index is -3.79. The van der Waals surface area contributed by atoms with Crippen molar-refractivity contribution in [1.29, 1.82) is 0 Å². The second-order valence-corrected chi connectivity index (χ2v) is 5.76. The summed E-state index contributed by atoms with van der Waals surface area (Å²) in [5.41, 5.74) is -1.16. The standard InChI is InChI=1S/C14H15F2N3O6/c15-14(16)11(23)7(4-6-20)25-12(14)18-5-3-8(17-13(18)24)19-9(21)1-2-10(19)22/h3,5,7,11-12,20,23H,1-2,4,6H2. The molecular formula is C14H15F2N3O6. The van der Waals surface area contributed by atoms with Gasteiger partial charge in [0.1, 0.15) is 11.9 Å². The lowest BCUT2D eigenvalue weighted by Crippen LogP contribution is -2.42. The van der Waals surface area contributed by atoms with E-state index in [0.717, 1.165) is 17.2 Å². The molecule has 25 heavy (non-hydrogen) atoms.